The van der Waals surface area contributed by atoms with Crippen molar-refractivity contribution in [3.05, 3.63) is 71.3 Å². The number of hydrogen-bond donors (Lipinski definition) is 0. The van der Waals surface area contributed by atoms with Crippen LogP contribution in [0, 0.1) is 5.92 Å². The molecule has 0 aromatic heterocycles. The zero-order valence-corrected chi connectivity index (χ0v) is 14.9. The Morgan fingerprint density at radius 1 is 0.810 bits per heavy atom. The smallest absolute Gasteiger partial charge is 0.00660 e. The first-order valence-corrected chi connectivity index (χ1v) is 8.80. The van der Waals surface area contributed by atoms with Crippen LogP contribution in [0.4, 0.5) is 0 Å². The van der Waals surface area contributed by atoms with Gasteiger partial charge in [0, 0.05) is 5.33 Å². The van der Waals surface area contributed by atoms with Crippen LogP contribution in [0.1, 0.15) is 37.5 Å². The minimum Gasteiger partial charge on any atom is -0.0925 e. The second-order valence-electron chi connectivity index (χ2n) is 6.86. The molecule has 0 aliphatic carbocycles. The van der Waals surface area contributed by atoms with Crippen LogP contribution in [0.2, 0.25) is 0 Å². The normalized spacial score (nSPS) is 13.1. The van der Waals surface area contributed by atoms with Gasteiger partial charge in [-0.1, -0.05) is 91.3 Å². The summed E-state index contributed by atoms with van der Waals surface area (Å²) in [6, 6.07) is 19.9. The quantitative estimate of drug-likeness (QED) is 0.603. The lowest BCUT2D eigenvalue weighted by Crippen LogP contribution is -2.12. The lowest BCUT2D eigenvalue weighted by molar-refractivity contribution is 0.582. The van der Waals surface area contributed by atoms with Crippen molar-refractivity contribution < 1.29 is 0 Å². The van der Waals surface area contributed by atoms with Crippen LogP contribution >= 0.6 is 15.9 Å². The Balaban J connectivity index is 2.02. The molecule has 2 rings (SSSR count). The van der Waals surface area contributed by atoms with Crippen molar-refractivity contribution in [3.63, 3.8) is 0 Å². The molecular weight excluding hydrogens is 320 g/mol. The zero-order chi connectivity index (χ0) is 15.3. The standard InChI is InChI=1S/C20H25Br/c1-20(2,3)19-11-9-17(10-12-19)14-18(15-21)13-16-7-5-4-6-8-16/h4-12,18H,13-15H2,1-3H3. The van der Waals surface area contributed by atoms with E-state index in [1.54, 1.807) is 0 Å². The van der Waals surface area contributed by atoms with Gasteiger partial charge >= 0.3 is 0 Å². The Morgan fingerprint density at radius 2 is 1.33 bits per heavy atom. The molecule has 0 amide bonds. The second kappa shape index (κ2) is 7.26. The minimum atomic E-state index is 0.234. The van der Waals surface area contributed by atoms with Gasteiger partial charge in [-0.05, 0) is 40.9 Å². The molecule has 0 bridgehead atoms. The molecule has 1 unspecified atom stereocenters. The molecule has 0 saturated carbocycles. The topological polar surface area (TPSA) is 0 Å². The Bertz CT molecular complexity index is 534. The Labute approximate surface area is 137 Å². The lowest BCUT2D eigenvalue weighted by atomic mass is 9.86. The number of benzene rings is 2. The van der Waals surface area contributed by atoms with E-state index in [2.05, 4.69) is 91.3 Å². The third-order valence-corrected chi connectivity index (χ3v) is 4.85. The van der Waals surface area contributed by atoms with E-state index in [1.165, 1.54) is 16.7 Å². The van der Waals surface area contributed by atoms with Crippen LogP contribution in [0.5, 0.6) is 0 Å². The maximum atomic E-state index is 3.68. The molecule has 21 heavy (non-hydrogen) atoms. The monoisotopic (exact) mass is 344 g/mol. The maximum Gasteiger partial charge on any atom is 0.00660 e. The molecular formula is C20H25Br. The largest absolute Gasteiger partial charge is 0.0925 e. The SMILES string of the molecule is CC(C)(C)c1ccc(CC(CBr)Cc2ccccc2)cc1. The molecule has 0 fully saturated rings. The average Bonchev–Trinajstić information content (AvgIpc) is 2.47. The molecule has 2 aromatic rings. The number of alkyl halides is 1. The van der Waals surface area contributed by atoms with E-state index in [9.17, 15) is 0 Å². The molecule has 0 N–H and O–H groups in total. The highest BCUT2D eigenvalue weighted by atomic mass is 79.9. The summed E-state index contributed by atoms with van der Waals surface area (Å²) in [4.78, 5) is 0. The van der Waals surface area contributed by atoms with Gasteiger partial charge in [-0.15, -0.1) is 0 Å². The van der Waals surface area contributed by atoms with Crippen LogP contribution in [0.15, 0.2) is 54.6 Å². The van der Waals surface area contributed by atoms with E-state index in [4.69, 9.17) is 0 Å². The van der Waals surface area contributed by atoms with Crippen molar-refractivity contribution >= 4 is 15.9 Å². The number of rotatable bonds is 5. The van der Waals surface area contributed by atoms with Gasteiger partial charge in [0.1, 0.15) is 0 Å². The Hall–Kier alpha value is -1.08. The molecule has 112 valence electrons. The zero-order valence-electron chi connectivity index (χ0n) is 13.3. The average molecular weight is 345 g/mol. The highest BCUT2D eigenvalue weighted by Crippen LogP contribution is 2.23. The molecule has 2 aromatic carbocycles. The van der Waals surface area contributed by atoms with Gasteiger partial charge in [-0.2, -0.15) is 0 Å². The van der Waals surface area contributed by atoms with E-state index in [0.29, 0.717) is 5.92 Å². The number of hydrogen-bond acceptors (Lipinski definition) is 0. The summed E-state index contributed by atoms with van der Waals surface area (Å²) in [7, 11) is 0. The summed E-state index contributed by atoms with van der Waals surface area (Å²) in [6.07, 6.45) is 2.26. The predicted octanol–water partition coefficient (Wildman–Crippen LogP) is 5.78. The summed E-state index contributed by atoms with van der Waals surface area (Å²) >= 11 is 3.68. The van der Waals surface area contributed by atoms with Gasteiger partial charge in [0.25, 0.3) is 0 Å². The van der Waals surface area contributed by atoms with E-state index in [1.807, 2.05) is 0 Å². The van der Waals surface area contributed by atoms with Crippen LogP contribution in [0.3, 0.4) is 0 Å². The van der Waals surface area contributed by atoms with Gasteiger partial charge in [0.15, 0.2) is 0 Å². The highest BCUT2D eigenvalue weighted by Gasteiger charge is 2.14. The van der Waals surface area contributed by atoms with Gasteiger partial charge in [-0.3, -0.25) is 0 Å². The first-order chi connectivity index (χ1) is 9.99. The molecule has 0 nitrogen and oxygen atoms in total. The minimum absolute atomic E-state index is 0.234. The summed E-state index contributed by atoms with van der Waals surface area (Å²) in [6.45, 7) is 6.79. The van der Waals surface area contributed by atoms with Crippen LogP contribution in [-0.2, 0) is 18.3 Å². The van der Waals surface area contributed by atoms with Crippen molar-refractivity contribution in [1.82, 2.24) is 0 Å². The molecule has 1 atom stereocenters. The fourth-order valence-electron chi connectivity index (χ4n) is 2.60. The van der Waals surface area contributed by atoms with Crippen molar-refractivity contribution in [1.29, 1.82) is 0 Å². The second-order valence-corrected chi connectivity index (χ2v) is 7.51. The predicted molar refractivity (Wildman–Crippen MR) is 96.3 cm³/mol. The molecule has 0 saturated heterocycles. The van der Waals surface area contributed by atoms with Crippen LogP contribution in [0.25, 0.3) is 0 Å². The first kappa shape index (κ1) is 16.3. The highest BCUT2D eigenvalue weighted by molar-refractivity contribution is 9.09. The van der Waals surface area contributed by atoms with E-state index in [0.717, 1.165) is 18.2 Å². The fourth-order valence-corrected chi connectivity index (χ4v) is 3.06. The fraction of sp³-hybridized carbons (Fsp3) is 0.400. The summed E-state index contributed by atoms with van der Waals surface area (Å²) < 4.78 is 0. The van der Waals surface area contributed by atoms with E-state index >= 15 is 0 Å². The van der Waals surface area contributed by atoms with Crippen molar-refractivity contribution in [2.75, 3.05) is 5.33 Å². The van der Waals surface area contributed by atoms with Gasteiger partial charge in [0.05, 0.1) is 0 Å². The maximum absolute atomic E-state index is 3.68. The summed E-state index contributed by atoms with van der Waals surface area (Å²) in [5, 5.41) is 1.04. The third kappa shape index (κ3) is 5.00. The molecule has 0 radical (unpaired) electrons. The van der Waals surface area contributed by atoms with Gasteiger partial charge < -0.3 is 0 Å². The van der Waals surface area contributed by atoms with Crippen molar-refractivity contribution in [3.8, 4) is 0 Å². The lowest BCUT2D eigenvalue weighted by Gasteiger charge is -2.20. The first-order valence-electron chi connectivity index (χ1n) is 7.68. The van der Waals surface area contributed by atoms with Gasteiger partial charge in [-0.25, -0.2) is 0 Å². The molecule has 0 spiro atoms. The van der Waals surface area contributed by atoms with E-state index in [-0.39, 0.29) is 5.41 Å². The summed E-state index contributed by atoms with van der Waals surface area (Å²) in [5.74, 6) is 0.646. The Kier molecular flexibility index (Phi) is 5.64. The van der Waals surface area contributed by atoms with Crippen LogP contribution in [-0.4, -0.2) is 5.33 Å². The van der Waals surface area contributed by atoms with E-state index < -0.39 is 0 Å². The molecule has 0 heterocycles. The molecule has 1 heteroatoms. The van der Waals surface area contributed by atoms with Gasteiger partial charge in [0.2, 0.25) is 0 Å². The summed E-state index contributed by atoms with van der Waals surface area (Å²) in [5.41, 5.74) is 4.50. The molecule has 0 aliphatic rings. The molecule has 0 aliphatic heterocycles. The Morgan fingerprint density at radius 3 is 1.81 bits per heavy atom. The van der Waals surface area contributed by atoms with Crippen molar-refractivity contribution in [2.45, 2.75) is 39.0 Å². The van der Waals surface area contributed by atoms with Crippen LogP contribution < -0.4 is 0 Å². The van der Waals surface area contributed by atoms with Crippen molar-refractivity contribution in [2.24, 2.45) is 5.92 Å². The number of halogens is 1. The third-order valence-electron chi connectivity index (χ3n) is 3.93.